The molecule has 0 aromatic rings. The van der Waals surface area contributed by atoms with E-state index < -0.39 is 24.1 Å². The lowest BCUT2D eigenvalue weighted by Crippen LogP contribution is -2.48. The van der Waals surface area contributed by atoms with E-state index in [2.05, 4.69) is 0 Å². The maximum atomic E-state index is 11.6. The zero-order valence-electron chi connectivity index (χ0n) is 14.9. The molecule has 6 heteroatoms. The lowest BCUT2D eigenvalue weighted by Gasteiger charge is -2.36. The molecule has 1 rings (SSSR count). The Balaban J connectivity index is 2.19. The zero-order chi connectivity index (χ0) is 17.6. The molecule has 0 bridgehead atoms. The van der Waals surface area contributed by atoms with Gasteiger partial charge in [-0.1, -0.05) is 6.42 Å². The molecule has 23 heavy (non-hydrogen) atoms. The van der Waals surface area contributed by atoms with Crippen molar-refractivity contribution in [3.63, 3.8) is 0 Å². The van der Waals surface area contributed by atoms with E-state index in [0.29, 0.717) is 6.42 Å². The number of rotatable bonds is 7. The van der Waals surface area contributed by atoms with Crippen LogP contribution in [-0.4, -0.2) is 52.5 Å². The van der Waals surface area contributed by atoms with Crippen molar-refractivity contribution < 1.29 is 29.2 Å². The highest BCUT2D eigenvalue weighted by Crippen LogP contribution is 2.23. The molecule has 0 radical (unpaired) electrons. The van der Waals surface area contributed by atoms with Gasteiger partial charge in [0, 0.05) is 12.8 Å². The standard InChI is InChI=1S/C17H32O6/c1-11(8-6-7-9-15(20)23-17(3,4)5)21-16-14(19)10-13(18)12(2)22-16/h11-14,16,18-19H,6-10H2,1-5H3/t11-,12+,13-,14-,16-/m1/s1. The van der Waals surface area contributed by atoms with Crippen LogP contribution in [0, 0.1) is 0 Å². The summed E-state index contributed by atoms with van der Waals surface area (Å²) in [6.07, 6.45) is 0.402. The largest absolute Gasteiger partial charge is 0.460 e. The minimum Gasteiger partial charge on any atom is -0.460 e. The minimum absolute atomic E-state index is 0.0873. The summed E-state index contributed by atoms with van der Waals surface area (Å²) in [5, 5.41) is 19.5. The predicted molar refractivity (Wildman–Crippen MR) is 85.8 cm³/mol. The molecule has 1 aliphatic rings. The van der Waals surface area contributed by atoms with E-state index in [9.17, 15) is 15.0 Å². The molecule has 0 aromatic carbocycles. The second-order valence-corrected chi connectivity index (χ2v) is 7.36. The molecule has 5 atom stereocenters. The van der Waals surface area contributed by atoms with E-state index >= 15 is 0 Å². The van der Waals surface area contributed by atoms with Gasteiger partial charge in [0.25, 0.3) is 0 Å². The highest BCUT2D eigenvalue weighted by molar-refractivity contribution is 5.69. The van der Waals surface area contributed by atoms with Gasteiger partial charge in [0.15, 0.2) is 6.29 Å². The Morgan fingerprint density at radius 1 is 1.26 bits per heavy atom. The predicted octanol–water partition coefficient (Wildman–Crippen LogP) is 2.15. The van der Waals surface area contributed by atoms with Crippen LogP contribution in [0.3, 0.4) is 0 Å². The summed E-state index contributed by atoms with van der Waals surface area (Å²) in [5.41, 5.74) is -0.441. The maximum absolute atomic E-state index is 11.6. The summed E-state index contributed by atoms with van der Waals surface area (Å²) < 4.78 is 16.5. The van der Waals surface area contributed by atoms with Crippen molar-refractivity contribution in [3.05, 3.63) is 0 Å². The smallest absolute Gasteiger partial charge is 0.306 e. The van der Waals surface area contributed by atoms with Crippen molar-refractivity contribution in [3.8, 4) is 0 Å². The topological polar surface area (TPSA) is 85.2 Å². The Morgan fingerprint density at radius 2 is 1.91 bits per heavy atom. The molecule has 1 saturated heterocycles. The Labute approximate surface area is 139 Å². The van der Waals surface area contributed by atoms with Crippen molar-refractivity contribution in [1.82, 2.24) is 0 Å². The van der Waals surface area contributed by atoms with Gasteiger partial charge < -0.3 is 24.4 Å². The van der Waals surface area contributed by atoms with Gasteiger partial charge in [-0.15, -0.1) is 0 Å². The molecule has 1 fully saturated rings. The molecular weight excluding hydrogens is 300 g/mol. The summed E-state index contributed by atoms with van der Waals surface area (Å²) in [6.45, 7) is 9.24. The number of aliphatic hydroxyl groups excluding tert-OH is 2. The van der Waals surface area contributed by atoms with Crippen LogP contribution in [0.2, 0.25) is 0 Å². The Morgan fingerprint density at radius 3 is 2.52 bits per heavy atom. The third kappa shape index (κ3) is 8.11. The van der Waals surface area contributed by atoms with Crippen molar-refractivity contribution in [2.24, 2.45) is 0 Å². The average Bonchev–Trinajstić information content (AvgIpc) is 2.39. The van der Waals surface area contributed by atoms with Gasteiger partial charge in [0.2, 0.25) is 0 Å². The van der Waals surface area contributed by atoms with Gasteiger partial charge in [-0.3, -0.25) is 4.79 Å². The van der Waals surface area contributed by atoms with Gasteiger partial charge in [0.05, 0.1) is 18.3 Å². The van der Waals surface area contributed by atoms with E-state index in [1.54, 1.807) is 6.92 Å². The van der Waals surface area contributed by atoms with Crippen molar-refractivity contribution >= 4 is 5.97 Å². The molecule has 0 saturated carbocycles. The summed E-state index contributed by atoms with van der Waals surface area (Å²) in [7, 11) is 0. The molecule has 1 aliphatic heterocycles. The van der Waals surface area contributed by atoms with Crippen LogP contribution < -0.4 is 0 Å². The van der Waals surface area contributed by atoms with Gasteiger partial charge in [-0.05, 0) is 47.5 Å². The van der Waals surface area contributed by atoms with Crippen LogP contribution >= 0.6 is 0 Å². The summed E-state index contributed by atoms with van der Waals surface area (Å²) in [5.74, 6) is -0.181. The minimum atomic E-state index is -0.814. The summed E-state index contributed by atoms with van der Waals surface area (Å²) in [6, 6.07) is 0. The number of carbonyl (C=O) groups is 1. The third-order valence-corrected chi connectivity index (χ3v) is 3.72. The van der Waals surface area contributed by atoms with Crippen LogP contribution in [0.15, 0.2) is 0 Å². The molecule has 0 spiro atoms. The fraction of sp³-hybridized carbons (Fsp3) is 0.941. The van der Waals surface area contributed by atoms with E-state index in [-0.39, 0.29) is 24.6 Å². The Hall–Kier alpha value is -0.690. The molecular formula is C17H32O6. The van der Waals surface area contributed by atoms with E-state index in [1.165, 1.54) is 0 Å². The van der Waals surface area contributed by atoms with Crippen LogP contribution in [0.4, 0.5) is 0 Å². The van der Waals surface area contributed by atoms with Gasteiger partial charge in [-0.25, -0.2) is 0 Å². The molecule has 136 valence electrons. The quantitative estimate of drug-likeness (QED) is 0.549. The first-order chi connectivity index (χ1) is 10.6. The zero-order valence-corrected chi connectivity index (χ0v) is 14.9. The van der Waals surface area contributed by atoms with Crippen molar-refractivity contribution in [2.45, 2.75) is 103 Å². The number of aliphatic hydroxyl groups is 2. The number of carbonyl (C=O) groups excluding carboxylic acids is 1. The molecule has 0 aromatic heterocycles. The SMILES string of the molecule is C[C@H](CCCCC(=O)OC(C)(C)C)O[C@@H]1O[C@@H](C)[C@H](O)C[C@H]1O. The molecule has 1 heterocycles. The van der Waals surface area contributed by atoms with E-state index in [4.69, 9.17) is 14.2 Å². The molecule has 0 unspecified atom stereocenters. The monoisotopic (exact) mass is 332 g/mol. The molecule has 2 N–H and O–H groups in total. The van der Waals surface area contributed by atoms with Crippen LogP contribution in [0.1, 0.15) is 66.7 Å². The fourth-order valence-electron chi connectivity index (χ4n) is 2.46. The Bertz CT molecular complexity index is 365. The second kappa shape index (κ2) is 8.97. The van der Waals surface area contributed by atoms with E-state index in [0.717, 1.165) is 19.3 Å². The van der Waals surface area contributed by atoms with Crippen LogP contribution in [0.25, 0.3) is 0 Å². The highest BCUT2D eigenvalue weighted by Gasteiger charge is 2.35. The van der Waals surface area contributed by atoms with Gasteiger partial charge in [-0.2, -0.15) is 0 Å². The first-order valence-corrected chi connectivity index (χ1v) is 8.47. The molecule has 0 aliphatic carbocycles. The summed E-state index contributed by atoms with van der Waals surface area (Å²) in [4.78, 5) is 11.6. The van der Waals surface area contributed by atoms with E-state index in [1.807, 2.05) is 27.7 Å². The molecule has 6 nitrogen and oxygen atoms in total. The average molecular weight is 332 g/mol. The van der Waals surface area contributed by atoms with Crippen molar-refractivity contribution in [2.75, 3.05) is 0 Å². The van der Waals surface area contributed by atoms with Gasteiger partial charge in [0.1, 0.15) is 11.7 Å². The number of hydrogen-bond donors (Lipinski definition) is 2. The Kier molecular flexibility index (Phi) is 7.94. The summed E-state index contributed by atoms with van der Waals surface area (Å²) >= 11 is 0. The van der Waals surface area contributed by atoms with Crippen LogP contribution in [-0.2, 0) is 19.0 Å². The number of ether oxygens (including phenoxy) is 3. The first kappa shape index (κ1) is 20.4. The maximum Gasteiger partial charge on any atom is 0.306 e. The van der Waals surface area contributed by atoms with Crippen LogP contribution in [0.5, 0.6) is 0 Å². The number of esters is 1. The number of hydrogen-bond acceptors (Lipinski definition) is 6. The molecule has 0 amide bonds. The van der Waals surface area contributed by atoms with Crippen molar-refractivity contribution in [1.29, 1.82) is 0 Å². The highest BCUT2D eigenvalue weighted by atomic mass is 16.7. The first-order valence-electron chi connectivity index (χ1n) is 8.47. The second-order valence-electron chi connectivity index (χ2n) is 7.36. The lowest BCUT2D eigenvalue weighted by atomic mass is 10.0. The third-order valence-electron chi connectivity index (χ3n) is 3.72. The van der Waals surface area contributed by atoms with Gasteiger partial charge >= 0.3 is 5.97 Å². The number of unbranched alkanes of at least 4 members (excludes halogenated alkanes) is 1. The normalized spacial score (nSPS) is 30.0. The lowest BCUT2D eigenvalue weighted by molar-refractivity contribution is -0.273. The fourth-order valence-corrected chi connectivity index (χ4v) is 2.46.